The molecule has 2 N–H and O–H groups in total. The van der Waals surface area contributed by atoms with E-state index in [0.717, 1.165) is 31.5 Å². The number of nitrogens with one attached hydrogen (secondary N) is 1. The van der Waals surface area contributed by atoms with E-state index in [1.807, 2.05) is 24.0 Å². The predicted octanol–water partition coefficient (Wildman–Crippen LogP) is 2.53. The quantitative estimate of drug-likeness (QED) is 0.722. The second-order valence-electron chi connectivity index (χ2n) is 4.63. The number of unbranched alkanes of at least 4 members (excludes halogenated alkanes) is 1. The minimum absolute atomic E-state index is 0.0439. The Morgan fingerprint density at radius 2 is 2.05 bits per heavy atom. The molecule has 0 spiro atoms. The Balaban J connectivity index is 2.78. The van der Waals surface area contributed by atoms with Crippen molar-refractivity contribution >= 4 is 5.69 Å². The van der Waals surface area contributed by atoms with E-state index in [2.05, 4.69) is 12.2 Å². The van der Waals surface area contributed by atoms with Gasteiger partial charge in [0.25, 0.3) is 0 Å². The maximum absolute atomic E-state index is 14.1. The Labute approximate surface area is 115 Å². The van der Waals surface area contributed by atoms with E-state index in [0.29, 0.717) is 18.8 Å². The molecular formula is C15H25FN2O. The molecule has 1 rings (SSSR count). The summed E-state index contributed by atoms with van der Waals surface area (Å²) in [6.45, 7) is 6.98. The van der Waals surface area contributed by atoms with Crippen molar-refractivity contribution in [1.82, 2.24) is 5.32 Å². The van der Waals surface area contributed by atoms with Crippen LogP contribution in [0.3, 0.4) is 0 Å². The number of hydrogen-bond acceptors (Lipinski definition) is 3. The molecule has 0 radical (unpaired) electrons. The summed E-state index contributed by atoms with van der Waals surface area (Å²) in [6.07, 6.45) is 2.06. The van der Waals surface area contributed by atoms with Gasteiger partial charge >= 0.3 is 0 Å². The summed E-state index contributed by atoms with van der Waals surface area (Å²) >= 11 is 0. The molecular weight excluding hydrogens is 243 g/mol. The van der Waals surface area contributed by atoms with Crippen LogP contribution in [-0.2, 0) is 6.54 Å². The number of hydrogen-bond donors (Lipinski definition) is 2. The fourth-order valence-corrected chi connectivity index (χ4v) is 2.01. The van der Waals surface area contributed by atoms with Crippen LogP contribution in [0.5, 0.6) is 0 Å². The molecule has 0 aliphatic heterocycles. The summed E-state index contributed by atoms with van der Waals surface area (Å²) in [7, 11) is 0. The zero-order valence-electron chi connectivity index (χ0n) is 12.0. The third-order valence-electron chi connectivity index (χ3n) is 3.08. The van der Waals surface area contributed by atoms with Crippen LogP contribution in [0.1, 0.15) is 32.3 Å². The van der Waals surface area contributed by atoms with Crippen molar-refractivity contribution in [3.05, 3.63) is 29.6 Å². The third kappa shape index (κ3) is 5.17. The van der Waals surface area contributed by atoms with Crippen molar-refractivity contribution in [2.24, 2.45) is 0 Å². The van der Waals surface area contributed by atoms with Crippen molar-refractivity contribution in [1.29, 1.82) is 0 Å². The van der Waals surface area contributed by atoms with Crippen LogP contribution < -0.4 is 10.2 Å². The van der Waals surface area contributed by atoms with Crippen LogP contribution >= 0.6 is 0 Å². The Morgan fingerprint density at radius 3 is 2.63 bits per heavy atom. The maximum atomic E-state index is 14.1. The van der Waals surface area contributed by atoms with Gasteiger partial charge in [-0.15, -0.1) is 0 Å². The number of halogens is 1. The standard InChI is InChI=1S/C15H25FN2O/c1-3-5-8-18(9-10-19)15-7-6-13(11-14(15)16)12-17-4-2/h6-7,11,17,19H,3-5,8-10,12H2,1-2H3. The van der Waals surface area contributed by atoms with Crippen LogP contribution in [0.25, 0.3) is 0 Å². The van der Waals surface area contributed by atoms with E-state index in [9.17, 15) is 4.39 Å². The number of anilines is 1. The smallest absolute Gasteiger partial charge is 0.146 e. The van der Waals surface area contributed by atoms with Crippen LogP contribution in [0.15, 0.2) is 18.2 Å². The highest BCUT2D eigenvalue weighted by molar-refractivity contribution is 5.49. The lowest BCUT2D eigenvalue weighted by molar-refractivity contribution is 0.301. The summed E-state index contributed by atoms with van der Waals surface area (Å²) in [5.74, 6) is -0.208. The average Bonchev–Trinajstić information content (AvgIpc) is 2.41. The number of benzene rings is 1. The molecule has 0 atom stereocenters. The van der Waals surface area contributed by atoms with Crippen molar-refractivity contribution in [2.75, 3.05) is 31.1 Å². The summed E-state index contributed by atoms with van der Waals surface area (Å²) in [5, 5.41) is 12.3. The topological polar surface area (TPSA) is 35.5 Å². The molecule has 1 aromatic carbocycles. The summed E-state index contributed by atoms with van der Waals surface area (Å²) in [4.78, 5) is 1.91. The van der Waals surface area contributed by atoms with Gasteiger partial charge in [-0.1, -0.05) is 26.3 Å². The zero-order valence-corrected chi connectivity index (χ0v) is 12.0. The van der Waals surface area contributed by atoms with Crippen molar-refractivity contribution in [2.45, 2.75) is 33.2 Å². The van der Waals surface area contributed by atoms with E-state index in [1.165, 1.54) is 0 Å². The lowest BCUT2D eigenvalue weighted by Crippen LogP contribution is -2.28. The average molecular weight is 268 g/mol. The van der Waals surface area contributed by atoms with Gasteiger partial charge in [-0.2, -0.15) is 0 Å². The Bertz CT molecular complexity index is 371. The number of aliphatic hydroxyl groups is 1. The molecule has 3 nitrogen and oxygen atoms in total. The highest BCUT2D eigenvalue weighted by atomic mass is 19.1. The molecule has 108 valence electrons. The fraction of sp³-hybridized carbons (Fsp3) is 0.600. The van der Waals surface area contributed by atoms with E-state index in [-0.39, 0.29) is 12.4 Å². The number of nitrogens with zero attached hydrogens (tertiary/aromatic N) is 1. The first-order chi connectivity index (χ1) is 9.22. The van der Waals surface area contributed by atoms with Crippen molar-refractivity contribution in [3.63, 3.8) is 0 Å². The lowest BCUT2D eigenvalue weighted by atomic mass is 10.1. The second kappa shape index (κ2) is 8.88. The molecule has 0 unspecified atom stereocenters. The Kier molecular flexibility index (Phi) is 7.45. The highest BCUT2D eigenvalue weighted by Gasteiger charge is 2.11. The van der Waals surface area contributed by atoms with Gasteiger partial charge in [-0.25, -0.2) is 4.39 Å². The van der Waals surface area contributed by atoms with Crippen LogP contribution in [0.2, 0.25) is 0 Å². The van der Waals surface area contributed by atoms with Crippen LogP contribution in [-0.4, -0.2) is 31.3 Å². The molecule has 4 heteroatoms. The van der Waals surface area contributed by atoms with E-state index in [4.69, 9.17) is 5.11 Å². The molecule has 0 bridgehead atoms. The molecule has 0 heterocycles. The van der Waals surface area contributed by atoms with Crippen molar-refractivity contribution in [3.8, 4) is 0 Å². The summed E-state index contributed by atoms with van der Waals surface area (Å²) in [6, 6.07) is 5.33. The SMILES string of the molecule is CCCCN(CCO)c1ccc(CNCC)cc1F. The van der Waals surface area contributed by atoms with Gasteiger partial charge < -0.3 is 15.3 Å². The van der Waals surface area contributed by atoms with E-state index >= 15 is 0 Å². The first kappa shape index (κ1) is 15.9. The molecule has 19 heavy (non-hydrogen) atoms. The van der Waals surface area contributed by atoms with Gasteiger partial charge in [0.05, 0.1) is 12.3 Å². The third-order valence-corrected chi connectivity index (χ3v) is 3.08. The Morgan fingerprint density at radius 1 is 1.26 bits per heavy atom. The molecule has 0 saturated carbocycles. The summed E-state index contributed by atoms with van der Waals surface area (Å²) < 4.78 is 14.1. The highest BCUT2D eigenvalue weighted by Crippen LogP contribution is 2.21. The molecule has 0 aromatic heterocycles. The minimum atomic E-state index is -0.208. The van der Waals surface area contributed by atoms with Crippen LogP contribution in [0.4, 0.5) is 10.1 Å². The van der Waals surface area contributed by atoms with Crippen molar-refractivity contribution < 1.29 is 9.50 Å². The predicted molar refractivity (Wildman–Crippen MR) is 78.0 cm³/mol. The molecule has 0 saturated heterocycles. The normalized spacial score (nSPS) is 10.7. The van der Waals surface area contributed by atoms with Gasteiger partial charge in [0, 0.05) is 19.6 Å². The van der Waals surface area contributed by atoms with Gasteiger partial charge in [0.2, 0.25) is 0 Å². The molecule has 0 fully saturated rings. The zero-order chi connectivity index (χ0) is 14.1. The number of aliphatic hydroxyl groups excluding tert-OH is 1. The largest absolute Gasteiger partial charge is 0.395 e. The summed E-state index contributed by atoms with van der Waals surface area (Å²) in [5.41, 5.74) is 1.53. The van der Waals surface area contributed by atoms with Gasteiger partial charge in [0.15, 0.2) is 0 Å². The van der Waals surface area contributed by atoms with E-state index in [1.54, 1.807) is 6.07 Å². The first-order valence-electron chi connectivity index (χ1n) is 7.07. The number of rotatable bonds is 9. The maximum Gasteiger partial charge on any atom is 0.146 e. The van der Waals surface area contributed by atoms with Gasteiger partial charge in [-0.3, -0.25) is 0 Å². The second-order valence-corrected chi connectivity index (χ2v) is 4.63. The van der Waals surface area contributed by atoms with Gasteiger partial charge in [-0.05, 0) is 30.7 Å². The van der Waals surface area contributed by atoms with Gasteiger partial charge in [0.1, 0.15) is 5.82 Å². The first-order valence-corrected chi connectivity index (χ1v) is 7.07. The monoisotopic (exact) mass is 268 g/mol. The molecule has 0 aliphatic carbocycles. The fourth-order valence-electron chi connectivity index (χ4n) is 2.01. The van der Waals surface area contributed by atoms with Crippen LogP contribution in [0, 0.1) is 5.82 Å². The van der Waals surface area contributed by atoms with E-state index < -0.39 is 0 Å². The minimum Gasteiger partial charge on any atom is -0.395 e. The molecule has 1 aromatic rings. The molecule has 0 aliphatic rings. The lowest BCUT2D eigenvalue weighted by Gasteiger charge is -2.24. The Hall–Kier alpha value is -1.13. The molecule has 0 amide bonds.